The fourth-order valence-electron chi connectivity index (χ4n) is 4.54. The lowest BCUT2D eigenvalue weighted by atomic mass is 10.4. The Kier molecular flexibility index (Phi) is 161. The first kappa shape index (κ1) is 148. The average molecular weight is 1820 g/mol. The van der Waals surface area contributed by atoms with Crippen LogP contribution in [0.4, 0.5) is 0 Å². The third-order valence-corrected chi connectivity index (χ3v) is 11.7. The van der Waals surface area contributed by atoms with E-state index < -0.39 is 36.3 Å². The van der Waals surface area contributed by atoms with Gasteiger partial charge >= 0.3 is 23.9 Å². The second-order valence-electron chi connectivity index (χ2n) is 20.8. The standard InChI is InChI=1S/9C6H15NO2.C4H8O2.C3H4O4.C3H6O2.C2H4O2.CH2O2.BrH.ClH.HI/c9*1-5(8-3)7-6(2)9-4;1-2-3-4(5)6;4-2(5)1-3(6)7;1-2-3(4)5;1-2(3)4;2-1-3;;;/h9*5-7H,1-4H3;2-3H2,1H3,(H,5,6);1H2,(H,4,5)(H,6,7);2H2,1H3,(H,4,5);1H3,(H,3,4);1H,(H,2,3);3*1H. The number of carboxylic acid groups (broad SMARTS) is 6. The lowest BCUT2D eigenvalue weighted by molar-refractivity contribution is -0.147. The van der Waals surface area contributed by atoms with Crippen LogP contribution in [0.3, 0.4) is 0 Å². The van der Waals surface area contributed by atoms with E-state index >= 15 is 0 Å². The van der Waals surface area contributed by atoms with Crippen molar-refractivity contribution in [3.05, 3.63) is 0 Å². The van der Waals surface area contributed by atoms with Crippen LogP contribution in [0.25, 0.3) is 0 Å². The molecule has 0 saturated carbocycles. The lowest BCUT2D eigenvalue weighted by Gasteiger charge is -2.16. The van der Waals surface area contributed by atoms with Gasteiger partial charge in [-0.1, -0.05) is 13.8 Å². The van der Waals surface area contributed by atoms with E-state index in [0.717, 1.165) is 13.3 Å². The Balaban J connectivity index is -0.0000000560. The number of aliphatic carboxylic acids is 5. The highest BCUT2D eigenvalue weighted by molar-refractivity contribution is 14.0. The van der Waals surface area contributed by atoms with Crippen molar-refractivity contribution in [1.82, 2.24) is 47.9 Å². The molecule has 0 aliphatic heterocycles. The molecule has 18 unspecified atom stereocenters. The van der Waals surface area contributed by atoms with Crippen molar-refractivity contribution in [3.63, 3.8) is 0 Å². The Morgan fingerprint density at radius 1 is 0.275 bits per heavy atom. The summed E-state index contributed by atoms with van der Waals surface area (Å²) in [6.45, 7) is 38.9. The zero-order chi connectivity index (χ0) is 86.9. The molecule has 0 aliphatic carbocycles. The Morgan fingerprint density at radius 2 is 0.358 bits per heavy atom. The maximum atomic E-state index is 9.60. The van der Waals surface area contributed by atoms with Gasteiger partial charge in [0.15, 0.2) is 0 Å². The molecule has 0 saturated heterocycles. The molecule has 18 atom stereocenters. The highest BCUT2D eigenvalue weighted by Gasteiger charge is 2.09. The summed E-state index contributed by atoms with van der Waals surface area (Å²) in [6.07, 6.45) is 1.44. The molecule has 0 spiro atoms. The average Bonchev–Trinajstić information content (AvgIpc) is 1.14. The molecule has 0 radical (unpaired) electrons. The van der Waals surface area contributed by atoms with Crippen LogP contribution in [0.2, 0.25) is 0 Å². The van der Waals surface area contributed by atoms with E-state index in [2.05, 4.69) is 47.9 Å². The second kappa shape index (κ2) is 118. The second-order valence-corrected chi connectivity index (χ2v) is 20.8. The van der Waals surface area contributed by atoms with E-state index in [-0.39, 0.29) is 178 Å². The fraction of sp³-hybridized carbons (Fsp3) is 0.910. The van der Waals surface area contributed by atoms with Crippen LogP contribution in [0, 0.1) is 0 Å². The summed E-state index contributed by atoms with van der Waals surface area (Å²) in [5.41, 5.74) is 0. The van der Waals surface area contributed by atoms with Crippen molar-refractivity contribution in [1.29, 1.82) is 0 Å². The van der Waals surface area contributed by atoms with E-state index in [0.29, 0.717) is 6.42 Å². The van der Waals surface area contributed by atoms with Crippen molar-refractivity contribution < 1.29 is 145 Å². The summed E-state index contributed by atoms with van der Waals surface area (Å²) in [7, 11) is 29.8. The Bertz CT molecular complexity index is 1410. The number of nitrogens with one attached hydrogen (secondary N) is 9. The van der Waals surface area contributed by atoms with E-state index in [4.69, 9.17) is 125 Å². The summed E-state index contributed by atoms with van der Waals surface area (Å²) in [5, 5.41) is 72.7. The summed E-state index contributed by atoms with van der Waals surface area (Å²) in [4.78, 5) is 55.2. The van der Waals surface area contributed by atoms with Crippen molar-refractivity contribution in [2.24, 2.45) is 0 Å². The van der Waals surface area contributed by atoms with Crippen LogP contribution in [0.1, 0.15) is 171 Å². The summed E-state index contributed by atoms with van der Waals surface area (Å²) in [6, 6.07) is 0. The molecule has 0 aromatic carbocycles. The fourth-order valence-corrected chi connectivity index (χ4v) is 4.54. The zero-order valence-electron chi connectivity index (χ0n) is 73.5. The van der Waals surface area contributed by atoms with Gasteiger partial charge < -0.3 is 116 Å². The number of hydrogen-bond acceptors (Lipinski definition) is 33. The van der Waals surface area contributed by atoms with Crippen molar-refractivity contribution in [3.8, 4) is 0 Å². The van der Waals surface area contributed by atoms with Crippen LogP contribution in [0.15, 0.2) is 0 Å². The van der Waals surface area contributed by atoms with Crippen LogP contribution >= 0.6 is 53.4 Å². The molecular weight excluding hydrogens is 1650 g/mol. The van der Waals surface area contributed by atoms with E-state index in [1.54, 1.807) is 135 Å². The predicted molar refractivity (Wildman–Crippen MR) is 440 cm³/mol. The predicted octanol–water partition coefficient (Wildman–Crippen LogP) is 7.35. The molecule has 109 heavy (non-hydrogen) atoms. The van der Waals surface area contributed by atoms with Crippen LogP contribution in [-0.4, -0.2) is 307 Å². The molecule has 0 fully saturated rings. The first-order valence-corrected chi connectivity index (χ1v) is 33.6. The smallest absolute Gasteiger partial charge is 0.314 e. The van der Waals surface area contributed by atoms with E-state index in [1.165, 1.54) is 0 Å². The van der Waals surface area contributed by atoms with Gasteiger partial charge in [-0.25, -0.2) is 0 Å². The van der Waals surface area contributed by atoms with Crippen molar-refractivity contribution >= 4 is 89.7 Å². The number of rotatable bonds is 41. The minimum absolute atomic E-state index is 0. The summed E-state index contributed by atoms with van der Waals surface area (Å²) >= 11 is 0. The molecule has 42 heteroatoms. The Labute approximate surface area is 689 Å². The first-order chi connectivity index (χ1) is 49.1. The number of hydrogen-bond donors (Lipinski definition) is 15. The SMILES string of the molecule is Br.CC(=O)O.CCC(=O)O.CCCC(=O)O.COC(C)NC(C)OC.COC(C)NC(C)OC.COC(C)NC(C)OC.COC(C)NC(C)OC.COC(C)NC(C)OC.COC(C)NC(C)OC.COC(C)NC(C)OC.COC(C)NC(C)OC.COC(C)NC(C)OC.Cl.I.O=C(O)CC(=O)O.O=CO. The van der Waals surface area contributed by atoms with Gasteiger partial charge in [-0.3, -0.25) is 76.6 Å². The van der Waals surface area contributed by atoms with Crippen LogP contribution in [-0.2, 0) is 114 Å². The Morgan fingerprint density at radius 3 is 0.376 bits per heavy atom. The van der Waals surface area contributed by atoms with Crippen LogP contribution < -0.4 is 47.9 Å². The third-order valence-electron chi connectivity index (χ3n) is 11.7. The minimum Gasteiger partial charge on any atom is -0.483 e. The molecule has 0 heterocycles. The molecule has 0 rings (SSSR count). The molecule has 676 valence electrons. The highest BCUT2D eigenvalue weighted by Crippen LogP contribution is 1.93. The highest BCUT2D eigenvalue weighted by atomic mass is 127. The monoisotopic (exact) mass is 1810 g/mol. The van der Waals surface area contributed by atoms with Gasteiger partial charge in [-0.2, -0.15) is 0 Å². The number of carbonyl (C=O) groups is 6. The molecular formula is C67H162BrClIN9O30. The van der Waals surface area contributed by atoms with Gasteiger partial charge in [0.1, 0.15) is 119 Å². The number of ether oxygens (including phenoxy) is 18. The lowest BCUT2D eigenvalue weighted by Crippen LogP contribution is -2.36. The van der Waals surface area contributed by atoms with Crippen LogP contribution in [0.5, 0.6) is 0 Å². The molecule has 0 aromatic heterocycles. The summed E-state index contributed by atoms with van der Waals surface area (Å²) in [5.74, 6) is -4.91. The van der Waals surface area contributed by atoms with E-state index in [1.807, 2.05) is 132 Å². The van der Waals surface area contributed by atoms with Crippen molar-refractivity contribution in [2.45, 2.75) is 283 Å². The molecule has 15 N–H and O–H groups in total. The molecule has 0 amide bonds. The third kappa shape index (κ3) is 183. The van der Waals surface area contributed by atoms with Gasteiger partial charge in [0.2, 0.25) is 0 Å². The normalized spacial score (nSPS) is 14.5. The van der Waals surface area contributed by atoms with Gasteiger partial charge in [0, 0.05) is 148 Å². The first-order valence-electron chi connectivity index (χ1n) is 33.6. The van der Waals surface area contributed by atoms with E-state index in [9.17, 15) is 19.2 Å². The summed E-state index contributed by atoms with van der Waals surface area (Å²) < 4.78 is 88.8. The largest absolute Gasteiger partial charge is 0.483 e. The maximum absolute atomic E-state index is 9.60. The minimum atomic E-state index is -1.31. The van der Waals surface area contributed by atoms with Gasteiger partial charge in [0.25, 0.3) is 12.4 Å². The van der Waals surface area contributed by atoms with Gasteiger partial charge in [0.05, 0.1) is 0 Å². The Hall–Kier alpha value is -2.76. The number of halogens is 3. The molecule has 0 bridgehead atoms. The van der Waals surface area contributed by atoms with Gasteiger partial charge in [-0.15, -0.1) is 53.4 Å². The number of carboxylic acids is 5. The number of methoxy groups -OCH3 is 18. The molecule has 0 aliphatic rings. The molecule has 0 aromatic rings. The topological polar surface area (TPSA) is 498 Å². The quantitative estimate of drug-likeness (QED) is 0.0123. The molecule has 39 nitrogen and oxygen atoms in total. The maximum Gasteiger partial charge on any atom is 0.314 e. The van der Waals surface area contributed by atoms with Gasteiger partial charge in [-0.05, 0) is 131 Å². The zero-order valence-corrected chi connectivity index (χ0v) is 78.4. The van der Waals surface area contributed by atoms with Crippen molar-refractivity contribution in [2.75, 3.05) is 128 Å².